The topological polar surface area (TPSA) is 18.8 Å². The van der Waals surface area contributed by atoms with Crippen LogP contribution in [0.4, 0.5) is 17.1 Å². The van der Waals surface area contributed by atoms with Gasteiger partial charge in [0.15, 0.2) is 0 Å². The molecule has 1 aliphatic carbocycles. The molecule has 0 atom stereocenters. The third kappa shape index (κ3) is 2.14. The van der Waals surface area contributed by atoms with Gasteiger partial charge in [0.25, 0.3) is 0 Å². The molecule has 0 saturated carbocycles. The SMILES string of the molecule is CN(C)c1ccc2c(c1N(C)C)N=C1C=CCC=C1S2. The second-order valence-electron chi connectivity index (χ2n) is 5.37. The van der Waals surface area contributed by atoms with E-state index in [1.165, 1.54) is 21.2 Å². The van der Waals surface area contributed by atoms with Crippen LogP contribution in [-0.4, -0.2) is 33.9 Å². The highest BCUT2D eigenvalue weighted by Crippen LogP contribution is 2.49. The molecule has 2 aliphatic rings. The molecule has 1 aromatic rings. The van der Waals surface area contributed by atoms with Crippen LogP contribution in [0.2, 0.25) is 0 Å². The summed E-state index contributed by atoms with van der Waals surface area (Å²) in [5.74, 6) is 0. The number of fused-ring (bicyclic) bond motifs is 2. The molecule has 1 aliphatic heterocycles. The van der Waals surface area contributed by atoms with Crippen LogP contribution in [0.1, 0.15) is 6.42 Å². The van der Waals surface area contributed by atoms with Crippen LogP contribution in [0.15, 0.2) is 45.2 Å². The first-order valence-electron chi connectivity index (χ1n) is 6.73. The minimum Gasteiger partial charge on any atom is -0.376 e. The molecule has 3 nitrogen and oxygen atoms in total. The van der Waals surface area contributed by atoms with E-state index in [4.69, 9.17) is 4.99 Å². The van der Waals surface area contributed by atoms with Crippen molar-refractivity contribution in [2.45, 2.75) is 11.3 Å². The standard InChI is InChI=1S/C16H19N3S/c1-18(2)12-9-10-14-15(16(12)19(3)4)17-11-7-5-6-8-13(11)20-14/h5,7-10H,6H2,1-4H3. The number of aliphatic imine (C=N–C) groups is 1. The molecule has 0 unspecified atom stereocenters. The first-order chi connectivity index (χ1) is 9.58. The summed E-state index contributed by atoms with van der Waals surface area (Å²) in [5, 5.41) is 0. The summed E-state index contributed by atoms with van der Waals surface area (Å²) < 4.78 is 0. The van der Waals surface area contributed by atoms with Gasteiger partial charge in [0.2, 0.25) is 0 Å². The lowest BCUT2D eigenvalue weighted by Crippen LogP contribution is -2.18. The zero-order chi connectivity index (χ0) is 14.3. The van der Waals surface area contributed by atoms with Crippen LogP contribution < -0.4 is 9.80 Å². The van der Waals surface area contributed by atoms with E-state index in [2.05, 4.69) is 68.4 Å². The van der Waals surface area contributed by atoms with Crippen molar-refractivity contribution in [1.29, 1.82) is 0 Å². The number of nitrogens with zero attached hydrogens (tertiary/aromatic N) is 3. The maximum absolute atomic E-state index is 4.90. The van der Waals surface area contributed by atoms with Gasteiger partial charge < -0.3 is 9.80 Å². The molecule has 4 heteroatoms. The number of anilines is 2. The Morgan fingerprint density at radius 3 is 2.60 bits per heavy atom. The summed E-state index contributed by atoms with van der Waals surface area (Å²) in [4.78, 5) is 11.7. The van der Waals surface area contributed by atoms with E-state index in [9.17, 15) is 0 Å². The highest BCUT2D eigenvalue weighted by Gasteiger charge is 2.23. The quantitative estimate of drug-likeness (QED) is 0.822. The molecule has 0 aromatic heterocycles. The summed E-state index contributed by atoms with van der Waals surface area (Å²) >= 11 is 1.83. The molecule has 1 aromatic carbocycles. The first kappa shape index (κ1) is 13.3. The minimum absolute atomic E-state index is 1.01. The van der Waals surface area contributed by atoms with Crippen molar-refractivity contribution in [3.63, 3.8) is 0 Å². The molecule has 0 spiro atoms. The maximum Gasteiger partial charge on any atom is 0.103 e. The minimum atomic E-state index is 1.01. The van der Waals surface area contributed by atoms with Crippen LogP contribution in [0.25, 0.3) is 0 Å². The van der Waals surface area contributed by atoms with Gasteiger partial charge in [-0.15, -0.1) is 0 Å². The van der Waals surface area contributed by atoms with Crippen molar-refractivity contribution >= 4 is 34.5 Å². The van der Waals surface area contributed by atoms with Gasteiger partial charge in [0, 0.05) is 38.0 Å². The van der Waals surface area contributed by atoms with Gasteiger partial charge in [0.05, 0.1) is 17.1 Å². The number of benzene rings is 1. The van der Waals surface area contributed by atoms with Crippen molar-refractivity contribution in [3.8, 4) is 0 Å². The van der Waals surface area contributed by atoms with Crippen LogP contribution in [0.3, 0.4) is 0 Å². The molecule has 20 heavy (non-hydrogen) atoms. The average molecular weight is 285 g/mol. The highest BCUT2D eigenvalue weighted by molar-refractivity contribution is 8.04. The van der Waals surface area contributed by atoms with Crippen LogP contribution in [0, 0.1) is 0 Å². The van der Waals surface area contributed by atoms with Gasteiger partial charge in [-0.3, -0.25) is 0 Å². The van der Waals surface area contributed by atoms with Crippen LogP contribution >= 0.6 is 11.8 Å². The number of hydrogen-bond acceptors (Lipinski definition) is 4. The third-order valence-corrected chi connectivity index (χ3v) is 4.59. The van der Waals surface area contributed by atoms with E-state index < -0.39 is 0 Å². The van der Waals surface area contributed by atoms with Crippen molar-refractivity contribution in [2.75, 3.05) is 38.0 Å². The molecule has 0 N–H and O–H groups in total. The van der Waals surface area contributed by atoms with Gasteiger partial charge in [-0.2, -0.15) is 0 Å². The molecule has 0 bridgehead atoms. The Labute approximate surface area is 124 Å². The Balaban J connectivity index is 2.22. The number of rotatable bonds is 2. The van der Waals surface area contributed by atoms with Gasteiger partial charge in [-0.05, 0) is 24.6 Å². The summed E-state index contributed by atoms with van der Waals surface area (Å²) in [6.07, 6.45) is 7.56. The maximum atomic E-state index is 4.90. The van der Waals surface area contributed by atoms with Crippen molar-refractivity contribution < 1.29 is 0 Å². The summed E-state index contributed by atoms with van der Waals surface area (Å²) in [6.45, 7) is 0. The van der Waals surface area contributed by atoms with Gasteiger partial charge in [0.1, 0.15) is 5.69 Å². The van der Waals surface area contributed by atoms with Crippen LogP contribution in [0.5, 0.6) is 0 Å². The van der Waals surface area contributed by atoms with E-state index >= 15 is 0 Å². The van der Waals surface area contributed by atoms with E-state index in [-0.39, 0.29) is 0 Å². The predicted molar refractivity (Wildman–Crippen MR) is 89.9 cm³/mol. The fourth-order valence-electron chi connectivity index (χ4n) is 2.51. The van der Waals surface area contributed by atoms with Crippen molar-refractivity contribution in [3.05, 3.63) is 35.3 Å². The lowest BCUT2D eigenvalue weighted by molar-refractivity contribution is 1.06. The predicted octanol–water partition coefficient (Wildman–Crippen LogP) is 3.84. The van der Waals surface area contributed by atoms with Gasteiger partial charge in [-0.1, -0.05) is 23.9 Å². The lowest BCUT2D eigenvalue weighted by Gasteiger charge is -2.28. The monoisotopic (exact) mass is 285 g/mol. The Hall–Kier alpha value is -1.68. The zero-order valence-electron chi connectivity index (χ0n) is 12.3. The molecular weight excluding hydrogens is 266 g/mol. The normalized spacial score (nSPS) is 16.0. The Morgan fingerprint density at radius 2 is 1.90 bits per heavy atom. The molecular formula is C16H19N3S. The number of thioether (sulfide) groups is 1. The van der Waals surface area contributed by atoms with E-state index in [1.54, 1.807) is 0 Å². The largest absolute Gasteiger partial charge is 0.376 e. The Kier molecular flexibility index (Phi) is 3.34. The van der Waals surface area contributed by atoms with E-state index in [0.29, 0.717) is 0 Å². The van der Waals surface area contributed by atoms with E-state index in [1.807, 2.05) is 11.8 Å². The first-order valence-corrected chi connectivity index (χ1v) is 7.55. The van der Waals surface area contributed by atoms with Gasteiger partial charge in [-0.25, -0.2) is 4.99 Å². The molecule has 0 saturated heterocycles. The molecule has 3 rings (SSSR count). The smallest absolute Gasteiger partial charge is 0.103 e. The number of allylic oxidation sites excluding steroid dienone is 4. The lowest BCUT2D eigenvalue weighted by atomic mass is 10.1. The molecule has 1 heterocycles. The molecule has 0 fully saturated rings. The van der Waals surface area contributed by atoms with Gasteiger partial charge >= 0.3 is 0 Å². The van der Waals surface area contributed by atoms with Crippen molar-refractivity contribution in [2.24, 2.45) is 4.99 Å². The second kappa shape index (κ2) is 5.02. The fourth-order valence-corrected chi connectivity index (χ4v) is 3.52. The molecule has 104 valence electrons. The summed E-state index contributed by atoms with van der Waals surface area (Å²) in [5.41, 5.74) is 4.56. The second-order valence-corrected chi connectivity index (χ2v) is 6.46. The van der Waals surface area contributed by atoms with Crippen molar-refractivity contribution in [1.82, 2.24) is 0 Å². The molecule has 0 radical (unpaired) electrons. The van der Waals surface area contributed by atoms with E-state index in [0.717, 1.165) is 17.8 Å². The Morgan fingerprint density at radius 1 is 1.10 bits per heavy atom. The molecule has 0 amide bonds. The fraction of sp³-hybridized carbons (Fsp3) is 0.312. The Bertz CT molecular complexity index is 639. The summed E-state index contributed by atoms with van der Waals surface area (Å²) in [6, 6.07) is 4.36. The average Bonchev–Trinajstić information content (AvgIpc) is 2.43. The van der Waals surface area contributed by atoms with Crippen LogP contribution in [-0.2, 0) is 0 Å². The highest BCUT2D eigenvalue weighted by atomic mass is 32.2. The third-order valence-electron chi connectivity index (χ3n) is 3.44. The zero-order valence-corrected chi connectivity index (χ0v) is 13.2. The summed E-state index contributed by atoms with van der Waals surface area (Å²) in [7, 11) is 8.30. The number of hydrogen-bond donors (Lipinski definition) is 0.